The quantitative estimate of drug-likeness (QED) is 0.639. The number of hydrogen-bond donors (Lipinski definition) is 0. The summed E-state index contributed by atoms with van der Waals surface area (Å²) in [7, 11) is 4.00. The maximum atomic E-state index is 8.63. The predicted octanol–water partition coefficient (Wildman–Crippen LogP) is 3.35. The lowest BCUT2D eigenvalue weighted by Gasteiger charge is -2.11. The molecule has 1 aromatic carbocycles. The molecule has 0 saturated carbocycles. The van der Waals surface area contributed by atoms with Crippen LogP contribution in [0.3, 0.4) is 0 Å². The van der Waals surface area contributed by atoms with Gasteiger partial charge in [0.05, 0.1) is 10.2 Å². The third-order valence-electron chi connectivity index (χ3n) is 2.65. The van der Waals surface area contributed by atoms with Gasteiger partial charge in [-0.3, -0.25) is 0 Å². The fourth-order valence-corrected chi connectivity index (χ4v) is 2.52. The molecule has 0 N–H and O–H groups in total. The van der Waals surface area contributed by atoms with Gasteiger partial charge in [-0.25, -0.2) is 4.98 Å². The van der Waals surface area contributed by atoms with Crippen LogP contribution in [0.1, 0.15) is 5.01 Å². The standard InChI is InChI=1S/C15H12N4S/c1-19(2)12-6-7-13-14(8-12)20-15(18-13)5-3-4-11(9-16)10-17/h3-8H,1-2H3/b5-3+. The van der Waals surface area contributed by atoms with Crippen molar-refractivity contribution in [1.29, 1.82) is 10.5 Å². The van der Waals surface area contributed by atoms with Crippen molar-refractivity contribution < 1.29 is 0 Å². The first-order valence-corrected chi connectivity index (χ1v) is 6.72. The molecule has 2 rings (SSSR count). The van der Waals surface area contributed by atoms with E-state index in [1.807, 2.05) is 43.3 Å². The van der Waals surface area contributed by atoms with Crippen molar-refractivity contribution in [2.75, 3.05) is 19.0 Å². The van der Waals surface area contributed by atoms with E-state index in [1.54, 1.807) is 23.5 Å². The third-order valence-corrected chi connectivity index (χ3v) is 3.63. The number of nitriles is 2. The second-order valence-electron chi connectivity index (χ2n) is 4.26. The normalized spacial score (nSPS) is 10.2. The van der Waals surface area contributed by atoms with E-state index < -0.39 is 0 Å². The van der Waals surface area contributed by atoms with Crippen LogP contribution in [0.5, 0.6) is 0 Å². The molecule has 0 aliphatic rings. The highest BCUT2D eigenvalue weighted by molar-refractivity contribution is 7.19. The van der Waals surface area contributed by atoms with Gasteiger partial charge in [0.25, 0.3) is 0 Å². The number of fused-ring (bicyclic) bond motifs is 1. The van der Waals surface area contributed by atoms with Crippen LogP contribution >= 0.6 is 11.3 Å². The lowest BCUT2D eigenvalue weighted by Crippen LogP contribution is -2.07. The predicted molar refractivity (Wildman–Crippen MR) is 82.3 cm³/mol. The zero-order valence-electron chi connectivity index (χ0n) is 11.2. The van der Waals surface area contributed by atoms with Crippen molar-refractivity contribution in [2.45, 2.75) is 0 Å². The van der Waals surface area contributed by atoms with Crippen molar-refractivity contribution in [3.8, 4) is 12.1 Å². The highest BCUT2D eigenvalue weighted by atomic mass is 32.1. The summed E-state index contributed by atoms with van der Waals surface area (Å²) < 4.78 is 1.11. The fraction of sp³-hybridized carbons (Fsp3) is 0.133. The minimum atomic E-state index is 0.0808. The molecule has 0 bridgehead atoms. The molecule has 0 atom stereocenters. The Kier molecular flexibility index (Phi) is 4.14. The molecule has 0 aliphatic heterocycles. The number of thiazole rings is 1. The Labute approximate surface area is 121 Å². The molecular weight excluding hydrogens is 268 g/mol. The number of aromatic nitrogens is 1. The van der Waals surface area contributed by atoms with E-state index in [1.165, 1.54) is 6.08 Å². The van der Waals surface area contributed by atoms with Gasteiger partial charge >= 0.3 is 0 Å². The van der Waals surface area contributed by atoms with E-state index in [0.29, 0.717) is 0 Å². The van der Waals surface area contributed by atoms with Crippen LogP contribution < -0.4 is 4.90 Å². The molecule has 0 radical (unpaired) electrons. The van der Waals surface area contributed by atoms with E-state index in [0.717, 1.165) is 20.9 Å². The van der Waals surface area contributed by atoms with Crippen LogP contribution in [0.25, 0.3) is 16.3 Å². The molecule has 0 amide bonds. The molecule has 0 unspecified atom stereocenters. The Morgan fingerprint density at radius 2 is 2.05 bits per heavy atom. The number of allylic oxidation sites excluding steroid dienone is 3. The highest BCUT2D eigenvalue weighted by Crippen LogP contribution is 2.27. The van der Waals surface area contributed by atoms with Gasteiger partial charge in [0, 0.05) is 19.8 Å². The van der Waals surface area contributed by atoms with Crippen LogP contribution in [-0.4, -0.2) is 19.1 Å². The van der Waals surface area contributed by atoms with Gasteiger partial charge in [0.15, 0.2) is 0 Å². The minimum absolute atomic E-state index is 0.0808. The van der Waals surface area contributed by atoms with Crippen molar-refractivity contribution in [3.05, 3.63) is 40.9 Å². The van der Waals surface area contributed by atoms with E-state index in [2.05, 4.69) is 11.1 Å². The van der Waals surface area contributed by atoms with Crippen molar-refractivity contribution in [3.63, 3.8) is 0 Å². The molecule has 1 aromatic heterocycles. The molecule has 4 nitrogen and oxygen atoms in total. The number of rotatable bonds is 3. The summed E-state index contributed by atoms with van der Waals surface area (Å²) >= 11 is 1.58. The SMILES string of the molecule is CN(C)c1ccc2nc(/C=C/C=C(C#N)C#N)sc2c1. The summed E-state index contributed by atoms with van der Waals surface area (Å²) in [4.78, 5) is 6.52. The molecule has 1 heterocycles. The van der Waals surface area contributed by atoms with Crippen LogP contribution in [0, 0.1) is 22.7 Å². The Bertz CT molecular complexity index is 753. The Balaban J connectivity index is 2.29. The van der Waals surface area contributed by atoms with Gasteiger partial charge in [0.1, 0.15) is 22.7 Å². The van der Waals surface area contributed by atoms with Crippen LogP contribution in [-0.2, 0) is 0 Å². The lowest BCUT2D eigenvalue weighted by molar-refractivity contribution is 1.14. The number of nitrogens with zero attached hydrogens (tertiary/aromatic N) is 4. The number of anilines is 1. The summed E-state index contributed by atoms with van der Waals surface area (Å²) in [6.45, 7) is 0. The van der Waals surface area contributed by atoms with E-state index >= 15 is 0 Å². The minimum Gasteiger partial charge on any atom is -0.378 e. The van der Waals surface area contributed by atoms with Crippen molar-refractivity contribution in [1.82, 2.24) is 4.98 Å². The van der Waals surface area contributed by atoms with Crippen LogP contribution in [0.15, 0.2) is 35.9 Å². The van der Waals surface area contributed by atoms with E-state index in [9.17, 15) is 0 Å². The summed E-state index contributed by atoms with van der Waals surface area (Å²) in [5.74, 6) is 0. The average molecular weight is 280 g/mol. The molecule has 0 aliphatic carbocycles. The van der Waals surface area contributed by atoms with Crippen LogP contribution in [0.4, 0.5) is 5.69 Å². The monoisotopic (exact) mass is 280 g/mol. The molecule has 98 valence electrons. The summed E-state index contributed by atoms with van der Waals surface area (Å²) in [5, 5.41) is 18.1. The molecule has 0 fully saturated rings. The van der Waals surface area contributed by atoms with E-state index in [-0.39, 0.29) is 5.57 Å². The van der Waals surface area contributed by atoms with Gasteiger partial charge in [0.2, 0.25) is 0 Å². The number of hydrogen-bond acceptors (Lipinski definition) is 5. The van der Waals surface area contributed by atoms with Crippen LogP contribution in [0.2, 0.25) is 0 Å². The number of benzene rings is 1. The molecular formula is C15H12N4S. The zero-order chi connectivity index (χ0) is 14.5. The van der Waals surface area contributed by atoms with Gasteiger partial charge in [-0.2, -0.15) is 10.5 Å². The summed E-state index contributed by atoms with van der Waals surface area (Å²) in [6, 6.07) is 9.73. The topological polar surface area (TPSA) is 63.7 Å². The maximum Gasteiger partial charge on any atom is 0.129 e. The first kappa shape index (κ1) is 13.8. The average Bonchev–Trinajstić information content (AvgIpc) is 2.85. The molecule has 0 spiro atoms. The van der Waals surface area contributed by atoms with Gasteiger partial charge in [-0.1, -0.05) is 6.08 Å². The van der Waals surface area contributed by atoms with Crippen molar-refractivity contribution >= 4 is 33.3 Å². The van der Waals surface area contributed by atoms with Crippen molar-refractivity contribution in [2.24, 2.45) is 0 Å². The summed E-state index contributed by atoms with van der Waals surface area (Å²) in [6.07, 6.45) is 4.96. The zero-order valence-corrected chi connectivity index (χ0v) is 12.0. The second kappa shape index (κ2) is 6.01. The Hall–Kier alpha value is -2.63. The third kappa shape index (κ3) is 3.03. The fourth-order valence-electron chi connectivity index (χ4n) is 1.61. The molecule has 2 aromatic rings. The smallest absolute Gasteiger partial charge is 0.129 e. The van der Waals surface area contributed by atoms with Gasteiger partial charge < -0.3 is 4.90 Å². The maximum absolute atomic E-state index is 8.63. The molecule has 0 saturated heterocycles. The Morgan fingerprint density at radius 1 is 1.30 bits per heavy atom. The highest BCUT2D eigenvalue weighted by Gasteiger charge is 2.03. The van der Waals surface area contributed by atoms with E-state index in [4.69, 9.17) is 10.5 Å². The first-order valence-electron chi connectivity index (χ1n) is 5.90. The van der Waals surface area contributed by atoms with Gasteiger partial charge in [-0.15, -0.1) is 11.3 Å². The second-order valence-corrected chi connectivity index (χ2v) is 5.32. The first-order chi connectivity index (χ1) is 9.63. The Morgan fingerprint density at radius 3 is 2.70 bits per heavy atom. The molecule has 20 heavy (non-hydrogen) atoms. The largest absolute Gasteiger partial charge is 0.378 e. The summed E-state index contributed by atoms with van der Waals surface area (Å²) in [5.41, 5.74) is 2.16. The lowest BCUT2D eigenvalue weighted by atomic mass is 10.3. The molecule has 5 heteroatoms. The van der Waals surface area contributed by atoms with Gasteiger partial charge in [-0.05, 0) is 30.4 Å².